The molecule has 4 aromatic rings. The predicted molar refractivity (Wildman–Crippen MR) is 115 cm³/mol. The molecule has 28 heavy (non-hydrogen) atoms. The van der Waals surface area contributed by atoms with E-state index < -0.39 is 0 Å². The molecule has 2 aromatic heterocycles. The SMILES string of the molecule is CCN(CC)CCNc1nc(Nc2nc3ccccc3[nH]2)nc2ccccc12. The van der Waals surface area contributed by atoms with Gasteiger partial charge in [0.2, 0.25) is 11.9 Å². The number of hydrogen-bond donors (Lipinski definition) is 3. The molecule has 4 rings (SSSR count). The van der Waals surface area contributed by atoms with Crippen molar-refractivity contribution in [2.24, 2.45) is 0 Å². The summed E-state index contributed by atoms with van der Waals surface area (Å²) in [5.74, 6) is 1.98. The minimum atomic E-state index is 0.517. The number of aromatic amines is 1. The van der Waals surface area contributed by atoms with E-state index in [9.17, 15) is 0 Å². The first-order chi connectivity index (χ1) is 13.8. The summed E-state index contributed by atoms with van der Waals surface area (Å²) in [4.78, 5) is 19.5. The fraction of sp³-hybridized carbons (Fsp3) is 0.286. The highest BCUT2D eigenvalue weighted by molar-refractivity contribution is 5.90. The number of likely N-dealkylation sites (N-methyl/N-ethyl adjacent to an activating group) is 1. The van der Waals surface area contributed by atoms with Crippen LogP contribution < -0.4 is 10.6 Å². The zero-order chi connectivity index (χ0) is 19.3. The van der Waals surface area contributed by atoms with Crippen LogP contribution in [0.25, 0.3) is 21.9 Å². The smallest absolute Gasteiger partial charge is 0.232 e. The van der Waals surface area contributed by atoms with Gasteiger partial charge in [-0.05, 0) is 37.4 Å². The number of imidazole rings is 1. The third-order valence-electron chi connectivity index (χ3n) is 4.84. The number of hydrogen-bond acceptors (Lipinski definition) is 6. The van der Waals surface area contributed by atoms with Gasteiger partial charge >= 0.3 is 0 Å². The van der Waals surface area contributed by atoms with E-state index in [1.807, 2.05) is 48.5 Å². The number of aromatic nitrogens is 4. The van der Waals surface area contributed by atoms with Crippen molar-refractivity contribution in [1.29, 1.82) is 0 Å². The van der Waals surface area contributed by atoms with Crippen molar-refractivity contribution >= 4 is 39.7 Å². The highest BCUT2D eigenvalue weighted by Gasteiger charge is 2.10. The van der Waals surface area contributed by atoms with Gasteiger partial charge in [0.1, 0.15) is 5.82 Å². The molecule has 7 nitrogen and oxygen atoms in total. The van der Waals surface area contributed by atoms with Crippen molar-refractivity contribution in [2.75, 3.05) is 36.8 Å². The lowest BCUT2D eigenvalue weighted by atomic mass is 10.2. The average molecular weight is 375 g/mol. The Balaban J connectivity index is 1.59. The van der Waals surface area contributed by atoms with Gasteiger partial charge in [0.25, 0.3) is 0 Å². The van der Waals surface area contributed by atoms with Gasteiger partial charge in [0, 0.05) is 18.5 Å². The fourth-order valence-electron chi connectivity index (χ4n) is 3.26. The normalized spacial score (nSPS) is 11.4. The van der Waals surface area contributed by atoms with Crippen LogP contribution in [0.2, 0.25) is 0 Å². The van der Waals surface area contributed by atoms with Gasteiger partial charge in [-0.1, -0.05) is 38.1 Å². The van der Waals surface area contributed by atoms with E-state index in [-0.39, 0.29) is 0 Å². The Kier molecular flexibility index (Phi) is 5.34. The van der Waals surface area contributed by atoms with Crippen molar-refractivity contribution in [2.45, 2.75) is 13.8 Å². The minimum Gasteiger partial charge on any atom is -0.368 e. The monoisotopic (exact) mass is 375 g/mol. The van der Waals surface area contributed by atoms with Gasteiger partial charge in [-0.15, -0.1) is 0 Å². The molecule has 0 amide bonds. The highest BCUT2D eigenvalue weighted by atomic mass is 15.2. The third kappa shape index (κ3) is 3.89. The van der Waals surface area contributed by atoms with Crippen LogP contribution in [0, 0.1) is 0 Å². The minimum absolute atomic E-state index is 0.517. The number of nitrogens with zero attached hydrogens (tertiary/aromatic N) is 4. The van der Waals surface area contributed by atoms with E-state index in [0.717, 1.165) is 53.9 Å². The van der Waals surface area contributed by atoms with Gasteiger partial charge < -0.3 is 15.2 Å². The topological polar surface area (TPSA) is 81.8 Å². The Hall–Kier alpha value is -3.19. The van der Waals surface area contributed by atoms with Gasteiger partial charge in [0.15, 0.2) is 0 Å². The van der Waals surface area contributed by atoms with Crippen molar-refractivity contribution in [3.05, 3.63) is 48.5 Å². The number of fused-ring (bicyclic) bond motifs is 2. The first-order valence-electron chi connectivity index (χ1n) is 9.71. The maximum Gasteiger partial charge on any atom is 0.232 e. The summed E-state index contributed by atoms with van der Waals surface area (Å²) in [6, 6.07) is 15.9. The molecule has 144 valence electrons. The van der Waals surface area contributed by atoms with Crippen molar-refractivity contribution in [1.82, 2.24) is 24.8 Å². The maximum absolute atomic E-state index is 4.70. The van der Waals surface area contributed by atoms with Gasteiger partial charge in [-0.2, -0.15) is 4.98 Å². The average Bonchev–Trinajstić information content (AvgIpc) is 3.13. The summed E-state index contributed by atoms with van der Waals surface area (Å²) < 4.78 is 0. The summed E-state index contributed by atoms with van der Waals surface area (Å²) in [5, 5.41) is 7.70. The van der Waals surface area contributed by atoms with Crippen LogP contribution in [-0.4, -0.2) is 51.0 Å². The second kappa shape index (κ2) is 8.22. The summed E-state index contributed by atoms with van der Waals surface area (Å²) in [6.45, 7) is 8.24. The summed E-state index contributed by atoms with van der Waals surface area (Å²) in [7, 11) is 0. The molecule has 0 saturated carbocycles. The van der Waals surface area contributed by atoms with Gasteiger partial charge in [-0.25, -0.2) is 9.97 Å². The molecule has 2 aromatic carbocycles. The molecule has 0 unspecified atom stereocenters. The number of H-pyrrole nitrogens is 1. The van der Waals surface area contributed by atoms with E-state index in [0.29, 0.717) is 11.9 Å². The van der Waals surface area contributed by atoms with Crippen molar-refractivity contribution < 1.29 is 0 Å². The first-order valence-corrected chi connectivity index (χ1v) is 9.71. The predicted octanol–water partition coefficient (Wildman–Crippen LogP) is 4.00. The fourth-order valence-corrected chi connectivity index (χ4v) is 3.26. The van der Waals surface area contributed by atoms with Crippen LogP contribution in [0.15, 0.2) is 48.5 Å². The second-order valence-electron chi connectivity index (χ2n) is 6.59. The summed E-state index contributed by atoms with van der Waals surface area (Å²) >= 11 is 0. The zero-order valence-electron chi connectivity index (χ0n) is 16.2. The Labute approximate surface area is 164 Å². The molecule has 0 spiro atoms. The molecule has 7 heteroatoms. The molecular formula is C21H25N7. The second-order valence-corrected chi connectivity index (χ2v) is 6.59. The Morgan fingerprint density at radius 2 is 1.64 bits per heavy atom. The molecule has 0 atom stereocenters. The molecule has 0 radical (unpaired) electrons. The van der Waals surface area contributed by atoms with Crippen LogP contribution in [-0.2, 0) is 0 Å². The lowest BCUT2D eigenvalue weighted by Gasteiger charge is -2.18. The lowest BCUT2D eigenvalue weighted by Crippen LogP contribution is -2.28. The maximum atomic E-state index is 4.70. The molecule has 0 bridgehead atoms. The van der Waals surface area contributed by atoms with Gasteiger partial charge in [-0.3, -0.25) is 5.32 Å². The molecule has 0 fully saturated rings. The largest absolute Gasteiger partial charge is 0.368 e. The summed E-state index contributed by atoms with van der Waals surface area (Å²) in [6.07, 6.45) is 0. The zero-order valence-corrected chi connectivity index (χ0v) is 16.2. The number of rotatable bonds is 8. The van der Waals surface area contributed by atoms with E-state index in [1.54, 1.807) is 0 Å². The Morgan fingerprint density at radius 3 is 2.43 bits per heavy atom. The molecule has 3 N–H and O–H groups in total. The molecular weight excluding hydrogens is 350 g/mol. The van der Waals surface area contributed by atoms with E-state index >= 15 is 0 Å². The quantitative estimate of drug-likeness (QED) is 0.432. The van der Waals surface area contributed by atoms with E-state index in [2.05, 4.69) is 44.3 Å². The van der Waals surface area contributed by atoms with Gasteiger partial charge in [0.05, 0.1) is 16.6 Å². The van der Waals surface area contributed by atoms with Crippen LogP contribution in [0.1, 0.15) is 13.8 Å². The van der Waals surface area contributed by atoms with Crippen molar-refractivity contribution in [3.8, 4) is 0 Å². The third-order valence-corrected chi connectivity index (χ3v) is 4.84. The molecule has 0 aliphatic heterocycles. The van der Waals surface area contributed by atoms with E-state index in [4.69, 9.17) is 4.98 Å². The van der Waals surface area contributed by atoms with Crippen LogP contribution in [0.5, 0.6) is 0 Å². The van der Waals surface area contributed by atoms with E-state index in [1.165, 1.54) is 0 Å². The lowest BCUT2D eigenvalue weighted by molar-refractivity contribution is 0.316. The highest BCUT2D eigenvalue weighted by Crippen LogP contribution is 2.23. The molecule has 0 saturated heterocycles. The number of nitrogens with one attached hydrogen (secondary N) is 3. The number of benzene rings is 2. The van der Waals surface area contributed by atoms with Crippen LogP contribution in [0.4, 0.5) is 17.7 Å². The van der Waals surface area contributed by atoms with Crippen LogP contribution >= 0.6 is 0 Å². The van der Waals surface area contributed by atoms with Crippen molar-refractivity contribution in [3.63, 3.8) is 0 Å². The summed E-state index contributed by atoms with van der Waals surface area (Å²) in [5.41, 5.74) is 2.77. The number of anilines is 3. The molecule has 0 aliphatic rings. The molecule has 0 aliphatic carbocycles. The van der Waals surface area contributed by atoms with Crippen LogP contribution in [0.3, 0.4) is 0 Å². The standard InChI is InChI=1S/C21H25N7/c1-3-28(4-2)14-13-22-19-15-9-5-6-10-16(15)23-21(26-19)27-20-24-17-11-7-8-12-18(17)25-20/h5-12H,3-4,13-14H2,1-2H3,(H3,22,23,24,25,26,27). The Morgan fingerprint density at radius 1 is 0.893 bits per heavy atom. The molecule has 2 heterocycles. The Bertz CT molecular complexity index is 1040. The first kappa shape index (κ1) is 18.2. The number of para-hydroxylation sites is 3.